The monoisotopic (exact) mass is 659 g/mol. The molecule has 234 valence electrons. The number of ether oxygens (including phenoxy) is 4. The van der Waals surface area contributed by atoms with E-state index in [2.05, 4.69) is 10.6 Å². The van der Waals surface area contributed by atoms with Gasteiger partial charge in [0.1, 0.15) is 32.2 Å². The first kappa shape index (κ1) is 31.0. The number of aryl methyl sites for hydroxylation is 1. The van der Waals surface area contributed by atoms with Crippen LogP contribution in [0.4, 0.5) is 5.69 Å². The molecule has 0 spiro atoms. The largest absolute Gasteiger partial charge is 0.490 e. The van der Waals surface area contributed by atoms with Crippen LogP contribution in [0, 0.1) is 12.8 Å². The van der Waals surface area contributed by atoms with Gasteiger partial charge >= 0.3 is 0 Å². The molecule has 11 heteroatoms. The minimum Gasteiger partial charge on any atom is -0.490 e. The summed E-state index contributed by atoms with van der Waals surface area (Å²) in [6, 6.07) is 15.2. The van der Waals surface area contributed by atoms with E-state index in [1.165, 1.54) is 0 Å². The first-order valence-corrected chi connectivity index (χ1v) is 16.2. The standard InChI is InChI=1S/C33H36Cl3N3O5/c1-20-15-26(35)32(27(36)16-20)44-13-11-41-23-7-8-29(25(34)17-23)38-28-9-10-37-18-24(28)33(40)39(22-5-6-22)19-21-3-2-4-30-31(21)43-14-12-42-30/h2-4,7-8,15-17,22,24,28,37-38H,5-6,9-14,18-19H2,1H3. The Bertz CT molecular complexity index is 1480. The number of hydrogen-bond acceptors (Lipinski definition) is 7. The second-order valence-corrected chi connectivity index (χ2v) is 12.6. The molecule has 1 amide bonds. The van der Waals surface area contributed by atoms with Gasteiger partial charge in [0.25, 0.3) is 0 Å². The summed E-state index contributed by atoms with van der Waals surface area (Å²) in [6.45, 7) is 5.42. The molecule has 0 bridgehead atoms. The van der Waals surface area contributed by atoms with E-state index in [4.69, 9.17) is 53.8 Å². The second-order valence-electron chi connectivity index (χ2n) is 11.4. The van der Waals surface area contributed by atoms with Crippen molar-refractivity contribution in [2.45, 2.75) is 44.8 Å². The maximum atomic E-state index is 14.1. The summed E-state index contributed by atoms with van der Waals surface area (Å²) in [7, 11) is 0. The maximum Gasteiger partial charge on any atom is 0.229 e. The number of rotatable bonds is 11. The van der Waals surface area contributed by atoms with Crippen LogP contribution in [0.1, 0.15) is 30.4 Å². The van der Waals surface area contributed by atoms with Gasteiger partial charge in [-0.15, -0.1) is 0 Å². The van der Waals surface area contributed by atoms with Crippen LogP contribution in [0.3, 0.4) is 0 Å². The zero-order valence-corrected chi connectivity index (χ0v) is 26.8. The molecular formula is C33H36Cl3N3O5. The molecule has 0 radical (unpaired) electrons. The van der Waals surface area contributed by atoms with Gasteiger partial charge < -0.3 is 34.5 Å². The van der Waals surface area contributed by atoms with Crippen LogP contribution in [-0.4, -0.2) is 62.4 Å². The molecule has 1 saturated heterocycles. The summed E-state index contributed by atoms with van der Waals surface area (Å²) < 4.78 is 23.3. The Morgan fingerprint density at radius 1 is 0.977 bits per heavy atom. The highest BCUT2D eigenvalue weighted by Gasteiger charge is 2.40. The molecule has 2 N–H and O–H groups in total. The average molecular weight is 661 g/mol. The molecule has 44 heavy (non-hydrogen) atoms. The highest BCUT2D eigenvalue weighted by Crippen LogP contribution is 2.38. The molecule has 0 aromatic heterocycles. The van der Waals surface area contributed by atoms with Crippen LogP contribution < -0.4 is 29.6 Å². The van der Waals surface area contributed by atoms with Crippen molar-refractivity contribution in [3.05, 3.63) is 74.7 Å². The molecule has 8 nitrogen and oxygen atoms in total. The van der Waals surface area contributed by atoms with Crippen molar-refractivity contribution in [1.29, 1.82) is 0 Å². The van der Waals surface area contributed by atoms with E-state index >= 15 is 0 Å². The van der Waals surface area contributed by atoms with Gasteiger partial charge in [-0.25, -0.2) is 0 Å². The van der Waals surface area contributed by atoms with E-state index in [-0.39, 0.29) is 37.1 Å². The lowest BCUT2D eigenvalue weighted by atomic mass is 9.91. The van der Waals surface area contributed by atoms with Crippen molar-refractivity contribution < 1.29 is 23.7 Å². The molecule has 3 aromatic rings. The minimum atomic E-state index is -0.245. The number of carbonyl (C=O) groups excluding carboxylic acids is 1. The number of piperidine rings is 1. The molecule has 3 aromatic carbocycles. The van der Waals surface area contributed by atoms with E-state index < -0.39 is 0 Å². The van der Waals surface area contributed by atoms with Gasteiger partial charge in [0.2, 0.25) is 5.91 Å². The molecular weight excluding hydrogens is 625 g/mol. The van der Waals surface area contributed by atoms with Crippen molar-refractivity contribution >= 4 is 46.4 Å². The van der Waals surface area contributed by atoms with Gasteiger partial charge in [-0.3, -0.25) is 4.79 Å². The van der Waals surface area contributed by atoms with Crippen molar-refractivity contribution in [2.75, 3.05) is 44.8 Å². The molecule has 1 saturated carbocycles. The van der Waals surface area contributed by atoms with Gasteiger partial charge in [-0.05, 0) is 68.6 Å². The Kier molecular flexibility index (Phi) is 9.81. The van der Waals surface area contributed by atoms with Gasteiger partial charge in [0, 0.05) is 36.8 Å². The summed E-state index contributed by atoms with van der Waals surface area (Å²) >= 11 is 19.2. The van der Waals surface area contributed by atoms with E-state index in [1.54, 1.807) is 18.2 Å². The maximum absolute atomic E-state index is 14.1. The normalized spacial score (nSPS) is 19.3. The Balaban J connectivity index is 1.08. The number of fused-ring (bicyclic) bond motifs is 1. The Labute approximate surface area is 272 Å². The topological polar surface area (TPSA) is 81.3 Å². The first-order valence-electron chi connectivity index (χ1n) is 15.0. The SMILES string of the molecule is Cc1cc(Cl)c(OCCOc2ccc(NC3CCNCC3C(=O)N(Cc3cccc4c3OCCO4)C3CC3)c(Cl)c2)c(Cl)c1. The van der Waals surface area contributed by atoms with Crippen LogP contribution in [0.2, 0.25) is 15.1 Å². The molecule has 6 rings (SSSR count). The van der Waals surface area contributed by atoms with Crippen LogP contribution in [0.5, 0.6) is 23.0 Å². The Morgan fingerprint density at radius 3 is 2.52 bits per heavy atom. The molecule has 2 unspecified atom stereocenters. The number of amides is 1. The summed E-state index contributed by atoms with van der Waals surface area (Å²) in [5.41, 5.74) is 2.70. The zero-order valence-electron chi connectivity index (χ0n) is 24.5. The highest BCUT2D eigenvalue weighted by atomic mass is 35.5. The second kappa shape index (κ2) is 13.9. The predicted molar refractivity (Wildman–Crippen MR) is 173 cm³/mol. The quantitative estimate of drug-likeness (QED) is 0.220. The molecule has 1 aliphatic carbocycles. The van der Waals surface area contributed by atoms with Gasteiger partial charge in [-0.1, -0.05) is 46.9 Å². The lowest BCUT2D eigenvalue weighted by molar-refractivity contribution is -0.137. The molecule has 2 heterocycles. The Morgan fingerprint density at radius 2 is 1.75 bits per heavy atom. The number of halogens is 3. The van der Waals surface area contributed by atoms with E-state index in [0.29, 0.717) is 52.9 Å². The number of para-hydroxylation sites is 1. The van der Waals surface area contributed by atoms with Crippen LogP contribution in [-0.2, 0) is 11.3 Å². The predicted octanol–water partition coefficient (Wildman–Crippen LogP) is 6.77. The third kappa shape index (κ3) is 7.26. The van der Waals surface area contributed by atoms with E-state index in [9.17, 15) is 4.79 Å². The van der Waals surface area contributed by atoms with Gasteiger partial charge in [0.05, 0.1) is 26.7 Å². The van der Waals surface area contributed by atoms with Crippen LogP contribution in [0.25, 0.3) is 0 Å². The average Bonchev–Trinajstić information content (AvgIpc) is 3.86. The van der Waals surface area contributed by atoms with Crippen molar-refractivity contribution in [3.63, 3.8) is 0 Å². The number of benzene rings is 3. The van der Waals surface area contributed by atoms with E-state index in [0.717, 1.165) is 54.1 Å². The number of anilines is 1. The zero-order chi connectivity index (χ0) is 30.6. The van der Waals surface area contributed by atoms with Crippen LogP contribution >= 0.6 is 34.8 Å². The summed E-state index contributed by atoms with van der Waals surface area (Å²) in [4.78, 5) is 16.1. The lowest BCUT2D eigenvalue weighted by Gasteiger charge is -2.36. The smallest absolute Gasteiger partial charge is 0.229 e. The van der Waals surface area contributed by atoms with Gasteiger partial charge in [0.15, 0.2) is 17.2 Å². The first-order chi connectivity index (χ1) is 21.4. The van der Waals surface area contributed by atoms with E-state index in [1.807, 2.05) is 42.2 Å². The number of carbonyl (C=O) groups is 1. The molecule has 2 atom stereocenters. The summed E-state index contributed by atoms with van der Waals surface area (Å²) in [6.07, 6.45) is 2.82. The van der Waals surface area contributed by atoms with Crippen molar-refractivity contribution in [1.82, 2.24) is 10.2 Å². The fourth-order valence-electron chi connectivity index (χ4n) is 5.75. The third-order valence-electron chi connectivity index (χ3n) is 8.08. The van der Waals surface area contributed by atoms with Crippen molar-refractivity contribution in [3.8, 4) is 23.0 Å². The van der Waals surface area contributed by atoms with Gasteiger partial charge in [-0.2, -0.15) is 0 Å². The lowest BCUT2D eigenvalue weighted by Crippen LogP contribution is -2.52. The van der Waals surface area contributed by atoms with Crippen molar-refractivity contribution in [2.24, 2.45) is 5.92 Å². The summed E-state index contributed by atoms with van der Waals surface area (Å²) in [5.74, 6) is 2.43. The summed E-state index contributed by atoms with van der Waals surface area (Å²) in [5, 5.41) is 8.43. The molecule has 2 aliphatic heterocycles. The number of nitrogens with zero attached hydrogens (tertiary/aromatic N) is 1. The number of nitrogens with one attached hydrogen (secondary N) is 2. The Hall–Kier alpha value is -3.04. The molecule has 2 fully saturated rings. The molecule has 3 aliphatic rings. The minimum absolute atomic E-state index is 0.0732. The fraction of sp³-hybridized carbons (Fsp3) is 0.424. The highest BCUT2D eigenvalue weighted by molar-refractivity contribution is 6.37. The fourth-order valence-corrected chi connectivity index (χ4v) is 6.68. The van der Waals surface area contributed by atoms with Crippen LogP contribution in [0.15, 0.2) is 48.5 Å². The number of hydrogen-bond donors (Lipinski definition) is 2. The third-order valence-corrected chi connectivity index (χ3v) is 8.96.